The molecule has 0 atom stereocenters. The number of benzene rings is 1. The molecule has 0 aliphatic heterocycles. The van der Waals surface area contributed by atoms with Crippen LogP contribution in [-0.4, -0.2) is 37.8 Å². The lowest BCUT2D eigenvalue weighted by molar-refractivity contribution is -0.119. The van der Waals surface area contributed by atoms with Gasteiger partial charge in [0.25, 0.3) is 5.91 Å². The first kappa shape index (κ1) is 14.8. The number of amides is 1. The van der Waals surface area contributed by atoms with Crippen molar-refractivity contribution in [3.05, 3.63) is 36.0 Å². The Morgan fingerprint density at radius 2 is 1.89 bits per heavy atom. The number of ether oxygens (including phenoxy) is 1. The van der Waals surface area contributed by atoms with Gasteiger partial charge in [0.05, 0.1) is 18.4 Å². The molecule has 1 aromatic carbocycles. The summed E-state index contributed by atoms with van der Waals surface area (Å²) < 4.78 is 5.14. The maximum atomic E-state index is 12.1. The normalized spacial score (nSPS) is 10.8. The number of rotatable bonds is 5. The third kappa shape index (κ3) is 4.13. The van der Waals surface area contributed by atoms with Crippen molar-refractivity contribution < 1.29 is 14.3 Å². The lowest BCUT2D eigenvalue weighted by atomic mass is 10.1. The van der Waals surface area contributed by atoms with E-state index in [4.69, 9.17) is 4.74 Å². The van der Waals surface area contributed by atoms with E-state index in [1.165, 1.54) is 20.2 Å². The van der Waals surface area contributed by atoms with Crippen molar-refractivity contribution in [2.45, 2.75) is 6.92 Å². The number of anilines is 1. The van der Waals surface area contributed by atoms with E-state index in [1.54, 1.807) is 43.3 Å². The molecule has 0 heterocycles. The van der Waals surface area contributed by atoms with E-state index in [2.05, 4.69) is 5.32 Å². The van der Waals surface area contributed by atoms with Gasteiger partial charge in [-0.2, -0.15) is 0 Å². The van der Waals surface area contributed by atoms with Gasteiger partial charge in [0.15, 0.2) is 5.78 Å². The molecular weight excluding hydrogens is 244 g/mol. The smallest absolute Gasteiger partial charge is 0.260 e. The molecule has 0 aliphatic rings. The van der Waals surface area contributed by atoms with Crippen molar-refractivity contribution in [2.75, 3.05) is 26.5 Å². The standard InChI is InChI=1S/C14H18N2O3/c1-10(17)11(9-16(2)3)14(18)15-12-7-5-6-8-13(12)19-4/h5-9H,1-4H3,(H,15,18)/b11-9-. The zero-order valence-electron chi connectivity index (χ0n) is 11.6. The number of para-hydroxylation sites is 2. The molecule has 5 heteroatoms. The topological polar surface area (TPSA) is 58.6 Å². The van der Waals surface area contributed by atoms with Crippen molar-refractivity contribution >= 4 is 17.4 Å². The molecular formula is C14H18N2O3. The number of carbonyl (C=O) groups excluding carboxylic acids is 2. The first-order valence-corrected chi connectivity index (χ1v) is 5.79. The Morgan fingerprint density at radius 1 is 1.26 bits per heavy atom. The minimum atomic E-state index is -0.453. The van der Waals surface area contributed by atoms with Crippen LogP contribution in [0.5, 0.6) is 5.75 Å². The summed E-state index contributed by atoms with van der Waals surface area (Å²) in [6, 6.07) is 7.03. The molecule has 102 valence electrons. The molecule has 19 heavy (non-hydrogen) atoms. The van der Waals surface area contributed by atoms with Gasteiger partial charge in [-0.05, 0) is 19.1 Å². The van der Waals surface area contributed by atoms with Crippen molar-refractivity contribution in [2.24, 2.45) is 0 Å². The van der Waals surface area contributed by atoms with Gasteiger partial charge < -0.3 is 15.0 Å². The third-order valence-corrected chi connectivity index (χ3v) is 2.37. The van der Waals surface area contributed by atoms with Crippen LogP contribution < -0.4 is 10.1 Å². The molecule has 0 fully saturated rings. The van der Waals surface area contributed by atoms with E-state index in [0.29, 0.717) is 11.4 Å². The van der Waals surface area contributed by atoms with E-state index < -0.39 is 5.91 Å². The molecule has 0 aliphatic carbocycles. The predicted octanol–water partition coefficient (Wildman–Crippen LogP) is 1.67. The summed E-state index contributed by atoms with van der Waals surface area (Å²) >= 11 is 0. The lowest BCUT2D eigenvalue weighted by Gasteiger charge is -2.12. The van der Waals surface area contributed by atoms with E-state index in [0.717, 1.165) is 0 Å². The van der Waals surface area contributed by atoms with Crippen molar-refractivity contribution in [3.63, 3.8) is 0 Å². The lowest BCUT2D eigenvalue weighted by Crippen LogP contribution is -2.21. The van der Waals surface area contributed by atoms with Gasteiger partial charge in [-0.3, -0.25) is 9.59 Å². The van der Waals surface area contributed by atoms with Gasteiger partial charge in [0, 0.05) is 20.3 Å². The molecule has 5 nitrogen and oxygen atoms in total. The Kier molecular flexibility index (Phi) is 5.11. The number of methoxy groups -OCH3 is 1. The molecule has 1 N–H and O–H groups in total. The first-order chi connectivity index (χ1) is 8.95. The van der Waals surface area contributed by atoms with Gasteiger partial charge in [-0.25, -0.2) is 0 Å². The monoisotopic (exact) mass is 262 g/mol. The van der Waals surface area contributed by atoms with Crippen molar-refractivity contribution in [3.8, 4) is 5.75 Å². The first-order valence-electron chi connectivity index (χ1n) is 5.79. The number of nitrogens with zero attached hydrogens (tertiary/aromatic N) is 1. The summed E-state index contributed by atoms with van der Waals surface area (Å²) in [7, 11) is 5.02. The van der Waals surface area contributed by atoms with Crippen LogP contribution in [0.15, 0.2) is 36.0 Å². The number of ketones is 1. The summed E-state index contributed by atoms with van der Waals surface area (Å²) in [5, 5.41) is 2.67. The fraction of sp³-hybridized carbons (Fsp3) is 0.286. The van der Waals surface area contributed by atoms with Crippen LogP contribution >= 0.6 is 0 Å². The van der Waals surface area contributed by atoms with E-state index >= 15 is 0 Å². The Bertz CT molecular complexity index is 507. The summed E-state index contributed by atoms with van der Waals surface area (Å²) in [6.45, 7) is 1.36. The molecule has 1 rings (SSSR count). The van der Waals surface area contributed by atoms with Gasteiger partial charge in [-0.1, -0.05) is 12.1 Å². The van der Waals surface area contributed by atoms with Gasteiger partial charge >= 0.3 is 0 Å². The van der Waals surface area contributed by atoms with Gasteiger partial charge in [-0.15, -0.1) is 0 Å². The Labute approximate surface area is 112 Å². The summed E-state index contributed by atoms with van der Waals surface area (Å²) in [4.78, 5) is 25.2. The second-order valence-electron chi connectivity index (χ2n) is 4.22. The highest BCUT2D eigenvalue weighted by Crippen LogP contribution is 2.23. The molecule has 0 saturated carbocycles. The molecule has 1 amide bonds. The van der Waals surface area contributed by atoms with Crippen LogP contribution in [-0.2, 0) is 9.59 Å². The molecule has 0 bridgehead atoms. The van der Waals surface area contributed by atoms with Crippen LogP contribution in [0.4, 0.5) is 5.69 Å². The summed E-state index contributed by atoms with van der Waals surface area (Å²) in [5.74, 6) is -0.199. The van der Waals surface area contributed by atoms with E-state index in [-0.39, 0.29) is 11.4 Å². The zero-order chi connectivity index (χ0) is 14.4. The molecule has 1 aromatic rings. The van der Waals surface area contributed by atoms with Crippen molar-refractivity contribution in [1.29, 1.82) is 0 Å². The largest absolute Gasteiger partial charge is 0.495 e. The van der Waals surface area contributed by atoms with Crippen LogP contribution in [0.2, 0.25) is 0 Å². The Hall–Kier alpha value is -2.30. The summed E-state index contributed by atoms with van der Waals surface area (Å²) in [5.41, 5.74) is 0.622. The average Bonchev–Trinajstić information content (AvgIpc) is 2.36. The number of hydrogen-bond acceptors (Lipinski definition) is 4. The second kappa shape index (κ2) is 6.58. The summed E-state index contributed by atoms with van der Waals surface area (Å²) in [6.07, 6.45) is 1.49. The number of hydrogen-bond donors (Lipinski definition) is 1. The minimum Gasteiger partial charge on any atom is -0.495 e. The molecule has 0 unspecified atom stereocenters. The Morgan fingerprint density at radius 3 is 2.42 bits per heavy atom. The number of carbonyl (C=O) groups is 2. The maximum Gasteiger partial charge on any atom is 0.260 e. The molecule has 0 saturated heterocycles. The molecule has 0 aromatic heterocycles. The zero-order valence-corrected chi connectivity index (χ0v) is 11.6. The molecule has 0 spiro atoms. The van der Waals surface area contributed by atoms with Crippen molar-refractivity contribution in [1.82, 2.24) is 4.90 Å². The highest BCUT2D eigenvalue weighted by atomic mass is 16.5. The number of Topliss-reactive ketones (excluding diaryl/α,β-unsaturated/α-hetero) is 1. The van der Waals surface area contributed by atoms with Crippen LogP contribution in [0.1, 0.15) is 6.92 Å². The minimum absolute atomic E-state index is 0.0934. The highest BCUT2D eigenvalue weighted by Gasteiger charge is 2.16. The van der Waals surface area contributed by atoms with E-state index in [9.17, 15) is 9.59 Å². The van der Waals surface area contributed by atoms with Crippen LogP contribution in [0.25, 0.3) is 0 Å². The quantitative estimate of drug-likeness (QED) is 0.498. The fourth-order valence-corrected chi connectivity index (χ4v) is 1.51. The van der Waals surface area contributed by atoms with Crippen LogP contribution in [0.3, 0.4) is 0 Å². The fourth-order valence-electron chi connectivity index (χ4n) is 1.51. The van der Waals surface area contributed by atoms with E-state index in [1.807, 2.05) is 0 Å². The molecule has 0 radical (unpaired) electrons. The number of nitrogens with one attached hydrogen (secondary N) is 1. The third-order valence-electron chi connectivity index (χ3n) is 2.37. The Balaban J connectivity index is 2.97. The SMILES string of the molecule is COc1ccccc1NC(=O)/C(=C\N(C)C)C(C)=O. The second-order valence-corrected chi connectivity index (χ2v) is 4.22. The highest BCUT2D eigenvalue weighted by molar-refractivity contribution is 6.22. The van der Waals surface area contributed by atoms with Gasteiger partial charge in [0.1, 0.15) is 5.75 Å². The maximum absolute atomic E-state index is 12.1. The average molecular weight is 262 g/mol. The van der Waals surface area contributed by atoms with Crippen LogP contribution in [0, 0.1) is 0 Å². The van der Waals surface area contributed by atoms with Gasteiger partial charge in [0.2, 0.25) is 0 Å². The predicted molar refractivity (Wildman–Crippen MR) is 74.1 cm³/mol.